The Balaban J connectivity index is 1.60. The Morgan fingerprint density at radius 1 is 1.21 bits per heavy atom. The largest absolute Gasteiger partial charge is 0.573 e. The zero-order valence-corrected chi connectivity index (χ0v) is 20.5. The summed E-state index contributed by atoms with van der Waals surface area (Å²) >= 11 is 0. The zero-order valence-electron chi connectivity index (χ0n) is 20.5. The van der Waals surface area contributed by atoms with Gasteiger partial charge < -0.3 is 21.1 Å². The van der Waals surface area contributed by atoms with E-state index in [1.165, 1.54) is 29.1 Å². The molecule has 2 aromatic heterocycles. The number of halogens is 3. The van der Waals surface area contributed by atoms with Crippen LogP contribution in [0.4, 0.5) is 19.0 Å². The van der Waals surface area contributed by atoms with E-state index in [1.807, 2.05) is 0 Å². The molecule has 1 aromatic carbocycles. The lowest BCUT2D eigenvalue weighted by molar-refractivity contribution is -0.274. The lowest BCUT2D eigenvalue weighted by atomic mass is 10.1. The predicted octanol–water partition coefficient (Wildman–Crippen LogP) is 2.95. The van der Waals surface area contributed by atoms with Gasteiger partial charge in [0.15, 0.2) is 0 Å². The molecule has 4 N–H and O–H groups in total. The second-order valence-electron chi connectivity index (χ2n) is 8.75. The number of benzene rings is 1. The van der Waals surface area contributed by atoms with Crippen LogP contribution in [0.1, 0.15) is 48.1 Å². The normalized spacial score (nSPS) is 15.9. The summed E-state index contributed by atoms with van der Waals surface area (Å²) in [7, 11) is 0. The van der Waals surface area contributed by atoms with E-state index in [0.29, 0.717) is 37.9 Å². The molecular weight excluding hydrogens is 503 g/mol. The van der Waals surface area contributed by atoms with E-state index in [2.05, 4.69) is 26.8 Å². The van der Waals surface area contributed by atoms with Crippen LogP contribution in [0.15, 0.2) is 36.7 Å². The summed E-state index contributed by atoms with van der Waals surface area (Å²) in [5, 5.41) is 8.81. The number of hydrogen-bond acceptors (Lipinski definition) is 6. The van der Waals surface area contributed by atoms with Crippen molar-refractivity contribution in [1.29, 1.82) is 0 Å². The third kappa shape index (κ3) is 5.91. The van der Waals surface area contributed by atoms with Gasteiger partial charge in [-0.2, -0.15) is 10.2 Å². The van der Waals surface area contributed by atoms with Gasteiger partial charge >= 0.3 is 6.36 Å². The van der Waals surface area contributed by atoms with Crippen molar-refractivity contribution in [2.75, 3.05) is 18.8 Å². The van der Waals surface area contributed by atoms with Gasteiger partial charge in [-0.3, -0.25) is 14.3 Å². The van der Waals surface area contributed by atoms with E-state index in [-0.39, 0.29) is 46.9 Å². The average molecular weight is 530 g/mol. The van der Waals surface area contributed by atoms with Crippen molar-refractivity contribution in [2.45, 2.75) is 45.1 Å². The van der Waals surface area contributed by atoms with Crippen molar-refractivity contribution >= 4 is 17.6 Å². The fourth-order valence-electron chi connectivity index (χ4n) is 4.49. The molecule has 0 spiro atoms. The highest BCUT2D eigenvalue weighted by atomic mass is 19.4. The number of anilines is 1. The van der Waals surface area contributed by atoms with Crippen LogP contribution >= 0.6 is 0 Å². The van der Waals surface area contributed by atoms with Crippen LogP contribution in [0.25, 0.3) is 11.3 Å². The highest BCUT2D eigenvalue weighted by Gasteiger charge is 2.32. The molecule has 1 atom stereocenters. The monoisotopic (exact) mass is 529 g/mol. The SMILES string of the molecule is CC#CC(=O)N1CCC[C@H](n2nc(-c3cnn(Cc4ccccc4OC(F)(F)F)c3)c(C(N)=O)c2N)CC1. The summed E-state index contributed by atoms with van der Waals surface area (Å²) in [4.78, 5) is 26.2. The Bertz CT molecular complexity index is 1400. The molecule has 0 bridgehead atoms. The first-order valence-electron chi connectivity index (χ1n) is 11.8. The second kappa shape index (κ2) is 10.9. The van der Waals surface area contributed by atoms with Gasteiger partial charge in [0.1, 0.15) is 22.8 Å². The number of para-hydroxylation sites is 1. The average Bonchev–Trinajstić information content (AvgIpc) is 3.35. The molecule has 1 aliphatic rings. The maximum Gasteiger partial charge on any atom is 0.573 e. The Morgan fingerprint density at radius 2 is 1.97 bits per heavy atom. The molecule has 1 aliphatic heterocycles. The highest BCUT2D eigenvalue weighted by molar-refractivity contribution is 6.03. The van der Waals surface area contributed by atoms with E-state index < -0.39 is 12.3 Å². The number of nitrogens with two attached hydrogens (primary N) is 2. The Kier molecular flexibility index (Phi) is 7.61. The van der Waals surface area contributed by atoms with Crippen molar-refractivity contribution in [3.8, 4) is 28.8 Å². The van der Waals surface area contributed by atoms with Gasteiger partial charge in [-0.15, -0.1) is 13.2 Å². The molecule has 10 nitrogen and oxygen atoms in total. The number of carbonyl (C=O) groups excluding carboxylic acids is 2. The highest BCUT2D eigenvalue weighted by Crippen LogP contribution is 2.33. The molecule has 3 aromatic rings. The molecule has 1 saturated heterocycles. The number of ether oxygens (including phenoxy) is 1. The maximum absolute atomic E-state index is 12.8. The van der Waals surface area contributed by atoms with Gasteiger partial charge in [-0.05, 0) is 38.2 Å². The number of nitrogen functional groups attached to an aromatic ring is 1. The van der Waals surface area contributed by atoms with Gasteiger partial charge in [-0.1, -0.05) is 24.1 Å². The summed E-state index contributed by atoms with van der Waals surface area (Å²) in [6.45, 7) is 2.58. The summed E-state index contributed by atoms with van der Waals surface area (Å²) in [6.07, 6.45) is 0.0536. The fourth-order valence-corrected chi connectivity index (χ4v) is 4.49. The van der Waals surface area contributed by atoms with Crippen molar-refractivity contribution in [1.82, 2.24) is 24.5 Å². The van der Waals surface area contributed by atoms with Crippen LogP contribution in [-0.2, 0) is 11.3 Å². The van der Waals surface area contributed by atoms with Gasteiger partial charge in [-0.25, -0.2) is 4.68 Å². The number of hydrogen-bond donors (Lipinski definition) is 2. The first-order valence-corrected chi connectivity index (χ1v) is 11.8. The Morgan fingerprint density at radius 3 is 2.68 bits per heavy atom. The maximum atomic E-state index is 12.8. The number of nitrogens with zero attached hydrogens (tertiary/aromatic N) is 5. The quantitative estimate of drug-likeness (QED) is 0.472. The van der Waals surface area contributed by atoms with Crippen LogP contribution in [0.5, 0.6) is 5.75 Å². The first-order chi connectivity index (χ1) is 18.1. The number of carbonyl (C=O) groups is 2. The molecule has 2 amide bonds. The van der Waals surface area contributed by atoms with Crippen LogP contribution < -0.4 is 16.2 Å². The standard InChI is InChI=1S/C25H26F3N7O3/c1-2-6-20(36)33-11-5-8-18(10-12-33)35-23(29)21(24(30)37)22(32-35)17-13-31-34(15-17)14-16-7-3-4-9-19(16)38-25(26,27)28/h3-4,7,9,13,15,18H,5,8,10-12,14,29H2,1H3,(H2,30,37)/t18-/m0/s1. The van der Waals surface area contributed by atoms with Crippen LogP contribution in [0, 0.1) is 11.8 Å². The second-order valence-corrected chi connectivity index (χ2v) is 8.75. The van der Waals surface area contributed by atoms with Crippen LogP contribution in [0.3, 0.4) is 0 Å². The fraction of sp³-hybridized carbons (Fsp3) is 0.360. The van der Waals surface area contributed by atoms with E-state index in [1.54, 1.807) is 28.8 Å². The first kappa shape index (κ1) is 26.6. The van der Waals surface area contributed by atoms with E-state index in [4.69, 9.17) is 11.5 Å². The summed E-state index contributed by atoms with van der Waals surface area (Å²) in [5.74, 6) is 3.91. The molecule has 4 rings (SSSR count). The van der Waals surface area contributed by atoms with E-state index >= 15 is 0 Å². The minimum atomic E-state index is -4.84. The summed E-state index contributed by atoms with van der Waals surface area (Å²) < 4.78 is 45.4. The molecule has 1 fully saturated rings. The number of rotatable bonds is 6. The third-order valence-electron chi connectivity index (χ3n) is 6.19. The summed E-state index contributed by atoms with van der Waals surface area (Å²) in [6, 6.07) is 5.56. The molecule has 0 aliphatic carbocycles. The van der Waals surface area contributed by atoms with Gasteiger partial charge in [0.25, 0.3) is 11.8 Å². The number of primary amides is 1. The summed E-state index contributed by atoms with van der Waals surface area (Å²) in [5.41, 5.74) is 12.9. The molecule has 0 radical (unpaired) electrons. The number of likely N-dealkylation sites (tertiary alicyclic amines) is 1. The van der Waals surface area contributed by atoms with Gasteiger partial charge in [0.2, 0.25) is 0 Å². The molecule has 200 valence electrons. The Hall–Kier alpha value is -4.47. The van der Waals surface area contributed by atoms with Crippen molar-refractivity contribution < 1.29 is 27.5 Å². The topological polar surface area (TPSA) is 134 Å². The smallest absolute Gasteiger partial charge is 0.405 e. The van der Waals surface area contributed by atoms with Crippen LogP contribution in [-0.4, -0.2) is 55.7 Å². The van der Waals surface area contributed by atoms with Gasteiger partial charge in [0, 0.05) is 30.4 Å². The minimum absolute atomic E-state index is 0.0263. The van der Waals surface area contributed by atoms with Crippen molar-refractivity contribution in [3.63, 3.8) is 0 Å². The van der Waals surface area contributed by atoms with Crippen LogP contribution in [0.2, 0.25) is 0 Å². The zero-order chi connectivity index (χ0) is 27.4. The number of aromatic nitrogens is 4. The van der Waals surface area contributed by atoms with Crippen molar-refractivity contribution in [3.05, 3.63) is 47.8 Å². The lowest BCUT2D eigenvalue weighted by Crippen LogP contribution is -2.31. The third-order valence-corrected chi connectivity index (χ3v) is 6.19. The molecule has 0 saturated carbocycles. The van der Waals surface area contributed by atoms with E-state index in [0.717, 1.165) is 0 Å². The number of amides is 2. The lowest BCUT2D eigenvalue weighted by Gasteiger charge is -2.18. The van der Waals surface area contributed by atoms with E-state index in [9.17, 15) is 22.8 Å². The Labute approximate surface area is 216 Å². The molecule has 13 heteroatoms. The van der Waals surface area contributed by atoms with Gasteiger partial charge in [0.05, 0.1) is 18.8 Å². The molecule has 3 heterocycles. The molecule has 0 unspecified atom stereocenters. The van der Waals surface area contributed by atoms with Crippen molar-refractivity contribution in [2.24, 2.45) is 5.73 Å². The minimum Gasteiger partial charge on any atom is -0.405 e. The predicted molar refractivity (Wildman–Crippen MR) is 132 cm³/mol. The molecular formula is C25H26F3N7O3. The number of alkyl halides is 3. The molecule has 38 heavy (non-hydrogen) atoms.